The molecule has 0 aliphatic heterocycles. The molecule has 0 aromatic carbocycles. The Morgan fingerprint density at radius 1 is 0.923 bits per heavy atom. The molecule has 0 aromatic heterocycles. The number of nitrogens with one attached hydrogen (secondary N) is 1. The van der Waals surface area contributed by atoms with Gasteiger partial charge in [0.05, 0.1) is 0 Å². The maximum absolute atomic E-state index is 5.69. The molecule has 0 saturated heterocycles. The minimum atomic E-state index is 0.703. The number of nitrogens with two attached hydrogens (primary N) is 3. The molecule has 5 heteroatoms. The SMILES string of the molecule is NCCCNCCN(N)CCCN. The van der Waals surface area contributed by atoms with Crippen LogP contribution in [0.4, 0.5) is 0 Å². The fraction of sp³-hybridized carbons (Fsp3) is 1.00. The number of nitrogens with zero attached hydrogens (tertiary/aromatic N) is 1. The summed E-state index contributed by atoms with van der Waals surface area (Å²) in [5, 5.41) is 5.05. The van der Waals surface area contributed by atoms with Crippen LogP contribution in [-0.4, -0.2) is 44.3 Å². The Morgan fingerprint density at radius 2 is 1.62 bits per heavy atom. The zero-order valence-corrected chi connectivity index (χ0v) is 8.34. The average molecular weight is 189 g/mol. The van der Waals surface area contributed by atoms with Gasteiger partial charge in [0.2, 0.25) is 0 Å². The molecule has 0 saturated carbocycles. The fourth-order valence-corrected chi connectivity index (χ4v) is 0.981. The van der Waals surface area contributed by atoms with Gasteiger partial charge in [-0.25, -0.2) is 5.01 Å². The van der Waals surface area contributed by atoms with E-state index in [2.05, 4.69) is 5.32 Å². The summed E-state index contributed by atoms with van der Waals surface area (Å²) in [4.78, 5) is 0. The van der Waals surface area contributed by atoms with Gasteiger partial charge in [0, 0.05) is 19.6 Å². The van der Waals surface area contributed by atoms with Gasteiger partial charge < -0.3 is 16.8 Å². The molecule has 13 heavy (non-hydrogen) atoms. The van der Waals surface area contributed by atoms with Gasteiger partial charge >= 0.3 is 0 Å². The summed E-state index contributed by atoms with van der Waals surface area (Å²) in [5.41, 5.74) is 10.7. The van der Waals surface area contributed by atoms with Crippen molar-refractivity contribution in [3.63, 3.8) is 0 Å². The van der Waals surface area contributed by atoms with E-state index in [4.69, 9.17) is 17.3 Å². The highest BCUT2D eigenvalue weighted by molar-refractivity contribution is 4.54. The predicted octanol–water partition coefficient (Wildman–Crippen LogP) is -1.55. The van der Waals surface area contributed by atoms with Gasteiger partial charge in [-0.3, -0.25) is 5.84 Å². The minimum absolute atomic E-state index is 0.703. The third kappa shape index (κ3) is 9.72. The summed E-state index contributed by atoms with van der Waals surface area (Å²) in [7, 11) is 0. The zero-order chi connectivity index (χ0) is 9.94. The molecule has 0 bridgehead atoms. The lowest BCUT2D eigenvalue weighted by Crippen LogP contribution is -2.38. The highest BCUT2D eigenvalue weighted by atomic mass is 15.4. The van der Waals surface area contributed by atoms with Crippen LogP contribution < -0.4 is 22.6 Å². The van der Waals surface area contributed by atoms with Crippen molar-refractivity contribution in [2.75, 3.05) is 39.3 Å². The van der Waals surface area contributed by atoms with Gasteiger partial charge in [-0.1, -0.05) is 0 Å². The topological polar surface area (TPSA) is 93.3 Å². The molecular weight excluding hydrogens is 166 g/mol. The Morgan fingerprint density at radius 3 is 2.23 bits per heavy atom. The van der Waals surface area contributed by atoms with Crippen molar-refractivity contribution < 1.29 is 0 Å². The smallest absolute Gasteiger partial charge is 0.0253 e. The average Bonchev–Trinajstić information content (AvgIpc) is 2.14. The fourth-order valence-electron chi connectivity index (χ4n) is 0.981. The Balaban J connectivity index is 3.03. The Bertz CT molecular complexity index is 98.5. The van der Waals surface area contributed by atoms with Gasteiger partial charge in [0.25, 0.3) is 0 Å². The first-order valence-corrected chi connectivity index (χ1v) is 4.91. The van der Waals surface area contributed by atoms with Crippen LogP contribution in [0.5, 0.6) is 0 Å². The molecule has 0 spiro atoms. The lowest BCUT2D eigenvalue weighted by molar-refractivity contribution is 0.280. The quantitative estimate of drug-likeness (QED) is 0.200. The molecule has 80 valence electrons. The van der Waals surface area contributed by atoms with E-state index < -0.39 is 0 Å². The molecule has 0 unspecified atom stereocenters. The van der Waals surface area contributed by atoms with Gasteiger partial charge in [0.15, 0.2) is 0 Å². The van der Waals surface area contributed by atoms with Crippen LogP contribution in [0.1, 0.15) is 12.8 Å². The second kappa shape index (κ2) is 9.88. The van der Waals surface area contributed by atoms with Gasteiger partial charge in [-0.2, -0.15) is 0 Å². The molecule has 0 amide bonds. The van der Waals surface area contributed by atoms with Crippen molar-refractivity contribution in [1.29, 1.82) is 0 Å². The molecule has 0 atom stereocenters. The van der Waals surface area contributed by atoms with Crippen LogP contribution >= 0.6 is 0 Å². The molecule has 7 N–H and O–H groups in total. The van der Waals surface area contributed by atoms with E-state index >= 15 is 0 Å². The second-order valence-electron chi connectivity index (χ2n) is 3.07. The van der Waals surface area contributed by atoms with Gasteiger partial charge in [-0.15, -0.1) is 0 Å². The summed E-state index contributed by atoms with van der Waals surface area (Å²) >= 11 is 0. The first kappa shape index (κ1) is 12.8. The van der Waals surface area contributed by atoms with E-state index in [0.717, 1.165) is 45.6 Å². The highest BCUT2D eigenvalue weighted by Crippen LogP contribution is 1.80. The standard InChI is InChI=1S/C8H23N5/c9-3-1-5-12-6-8-13(11)7-2-4-10/h12H,1-11H2. The maximum atomic E-state index is 5.69. The largest absolute Gasteiger partial charge is 0.330 e. The number of hydrogen-bond donors (Lipinski definition) is 4. The van der Waals surface area contributed by atoms with Crippen molar-refractivity contribution in [2.45, 2.75) is 12.8 Å². The van der Waals surface area contributed by atoms with E-state index in [0.29, 0.717) is 6.54 Å². The Labute approximate surface area is 80.6 Å². The monoisotopic (exact) mass is 189 g/mol. The second-order valence-corrected chi connectivity index (χ2v) is 3.07. The third-order valence-corrected chi connectivity index (χ3v) is 1.78. The zero-order valence-electron chi connectivity index (χ0n) is 8.34. The summed E-state index contributed by atoms with van der Waals surface area (Å²) in [6, 6.07) is 0. The normalized spacial score (nSPS) is 11.1. The highest BCUT2D eigenvalue weighted by Gasteiger charge is 1.96. The van der Waals surface area contributed by atoms with E-state index in [1.165, 1.54) is 0 Å². The molecule has 0 aliphatic rings. The van der Waals surface area contributed by atoms with E-state index in [1.54, 1.807) is 5.01 Å². The van der Waals surface area contributed by atoms with Crippen LogP contribution in [0.25, 0.3) is 0 Å². The van der Waals surface area contributed by atoms with Crippen LogP contribution in [0, 0.1) is 0 Å². The van der Waals surface area contributed by atoms with Gasteiger partial charge in [0.1, 0.15) is 0 Å². The van der Waals surface area contributed by atoms with Crippen LogP contribution in [0.2, 0.25) is 0 Å². The predicted molar refractivity (Wildman–Crippen MR) is 56.0 cm³/mol. The molecule has 0 aliphatic carbocycles. The van der Waals surface area contributed by atoms with Crippen molar-refractivity contribution >= 4 is 0 Å². The lowest BCUT2D eigenvalue weighted by atomic mass is 10.4. The van der Waals surface area contributed by atoms with Crippen LogP contribution in [0.15, 0.2) is 0 Å². The number of hydrazine groups is 1. The Kier molecular flexibility index (Phi) is 9.73. The minimum Gasteiger partial charge on any atom is -0.330 e. The first-order valence-electron chi connectivity index (χ1n) is 4.91. The Hall–Kier alpha value is -0.200. The van der Waals surface area contributed by atoms with Crippen molar-refractivity contribution in [3.05, 3.63) is 0 Å². The van der Waals surface area contributed by atoms with Gasteiger partial charge in [-0.05, 0) is 32.5 Å². The molecule has 0 fully saturated rings. The van der Waals surface area contributed by atoms with Crippen molar-refractivity contribution in [1.82, 2.24) is 10.3 Å². The number of rotatable bonds is 9. The summed E-state index contributed by atoms with van der Waals surface area (Å²) in [6.07, 6.45) is 1.98. The van der Waals surface area contributed by atoms with E-state index in [9.17, 15) is 0 Å². The van der Waals surface area contributed by atoms with Crippen molar-refractivity contribution in [2.24, 2.45) is 17.3 Å². The number of hydrogen-bond acceptors (Lipinski definition) is 5. The third-order valence-electron chi connectivity index (χ3n) is 1.78. The van der Waals surface area contributed by atoms with E-state index in [1.807, 2.05) is 0 Å². The molecule has 0 aromatic rings. The maximum Gasteiger partial charge on any atom is 0.0253 e. The van der Waals surface area contributed by atoms with E-state index in [-0.39, 0.29) is 0 Å². The summed E-state index contributed by atoms with van der Waals surface area (Å²) < 4.78 is 0. The van der Waals surface area contributed by atoms with Crippen molar-refractivity contribution in [3.8, 4) is 0 Å². The summed E-state index contributed by atoms with van der Waals surface area (Å²) in [5.74, 6) is 5.69. The lowest BCUT2D eigenvalue weighted by Gasteiger charge is -2.15. The molecule has 0 rings (SSSR count). The molecule has 5 nitrogen and oxygen atoms in total. The molecule has 0 radical (unpaired) electrons. The summed E-state index contributed by atoms with van der Waals surface area (Å²) in [6.45, 7) is 5.07. The first-order chi connectivity index (χ1) is 6.31. The molecular formula is C8H23N5. The van der Waals surface area contributed by atoms with Crippen LogP contribution in [-0.2, 0) is 0 Å². The van der Waals surface area contributed by atoms with Crippen LogP contribution in [0.3, 0.4) is 0 Å². The molecule has 0 heterocycles.